The number of nitrogen functional groups attached to an aromatic ring is 1. The molecule has 0 saturated heterocycles. The standard InChI is InChI=1S/C21H19N3O2/c1-14-5-4-6-17(13-14)23-21(26)18-7-2-3-8-19(18)24-20(25)15-9-11-16(22)12-10-15/h2-13H,22H2,1H3,(H,23,26)(H,24,25). The minimum Gasteiger partial charge on any atom is -0.399 e. The van der Waals surface area contributed by atoms with Crippen LogP contribution in [0.2, 0.25) is 0 Å². The smallest absolute Gasteiger partial charge is 0.257 e. The largest absolute Gasteiger partial charge is 0.399 e. The van der Waals surface area contributed by atoms with E-state index < -0.39 is 0 Å². The second-order valence-corrected chi connectivity index (χ2v) is 5.95. The summed E-state index contributed by atoms with van der Waals surface area (Å²) < 4.78 is 0. The Kier molecular flexibility index (Phi) is 4.99. The van der Waals surface area contributed by atoms with Gasteiger partial charge in [-0.05, 0) is 61.0 Å². The second-order valence-electron chi connectivity index (χ2n) is 5.95. The minimum absolute atomic E-state index is 0.288. The van der Waals surface area contributed by atoms with E-state index in [1.54, 1.807) is 48.5 Å². The summed E-state index contributed by atoms with van der Waals surface area (Å²) in [5.74, 6) is -0.593. The molecule has 5 nitrogen and oxygen atoms in total. The first-order chi connectivity index (χ1) is 12.5. The molecule has 0 saturated carbocycles. The van der Waals surface area contributed by atoms with Crippen LogP contribution in [0.4, 0.5) is 17.1 Å². The Hall–Kier alpha value is -3.60. The molecule has 4 N–H and O–H groups in total. The lowest BCUT2D eigenvalue weighted by molar-refractivity contribution is 0.102. The number of hydrogen-bond donors (Lipinski definition) is 3. The highest BCUT2D eigenvalue weighted by atomic mass is 16.2. The maximum atomic E-state index is 12.6. The summed E-state index contributed by atoms with van der Waals surface area (Å²) in [5.41, 5.74) is 9.27. The van der Waals surface area contributed by atoms with Crippen molar-refractivity contribution in [1.82, 2.24) is 0 Å². The van der Waals surface area contributed by atoms with E-state index in [1.165, 1.54) is 0 Å². The van der Waals surface area contributed by atoms with Crippen molar-refractivity contribution in [2.24, 2.45) is 0 Å². The molecule has 3 aromatic rings. The van der Waals surface area contributed by atoms with Crippen LogP contribution in [0.15, 0.2) is 72.8 Å². The van der Waals surface area contributed by atoms with Gasteiger partial charge in [-0.2, -0.15) is 0 Å². The fourth-order valence-corrected chi connectivity index (χ4v) is 2.54. The van der Waals surface area contributed by atoms with Crippen LogP contribution < -0.4 is 16.4 Å². The van der Waals surface area contributed by atoms with Gasteiger partial charge in [-0.1, -0.05) is 24.3 Å². The fraction of sp³-hybridized carbons (Fsp3) is 0.0476. The maximum Gasteiger partial charge on any atom is 0.257 e. The third-order valence-electron chi connectivity index (χ3n) is 3.87. The zero-order valence-electron chi connectivity index (χ0n) is 14.3. The number of hydrogen-bond acceptors (Lipinski definition) is 3. The molecule has 0 atom stereocenters. The van der Waals surface area contributed by atoms with Crippen molar-refractivity contribution in [3.63, 3.8) is 0 Å². The predicted octanol–water partition coefficient (Wildman–Crippen LogP) is 4.08. The van der Waals surface area contributed by atoms with Crippen molar-refractivity contribution < 1.29 is 9.59 Å². The Morgan fingerprint density at radius 2 is 1.54 bits per heavy atom. The molecule has 3 rings (SSSR count). The van der Waals surface area contributed by atoms with Gasteiger partial charge in [-0.3, -0.25) is 9.59 Å². The molecule has 0 fully saturated rings. The molecule has 0 aliphatic rings. The molecule has 2 amide bonds. The maximum absolute atomic E-state index is 12.6. The van der Waals surface area contributed by atoms with Crippen molar-refractivity contribution >= 4 is 28.9 Å². The summed E-state index contributed by atoms with van der Waals surface area (Å²) in [6.45, 7) is 1.95. The first kappa shape index (κ1) is 17.2. The zero-order chi connectivity index (χ0) is 18.5. The van der Waals surface area contributed by atoms with Crippen molar-refractivity contribution in [2.75, 3.05) is 16.4 Å². The van der Waals surface area contributed by atoms with Gasteiger partial charge in [0.15, 0.2) is 0 Å². The molecule has 0 aliphatic carbocycles. The zero-order valence-corrected chi connectivity index (χ0v) is 14.3. The lowest BCUT2D eigenvalue weighted by Gasteiger charge is -2.12. The highest BCUT2D eigenvalue weighted by molar-refractivity contribution is 6.12. The molecule has 3 aromatic carbocycles. The average Bonchev–Trinajstić information content (AvgIpc) is 2.62. The first-order valence-electron chi connectivity index (χ1n) is 8.17. The molecule has 0 aromatic heterocycles. The van der Waals surface area contributed by atoms with E-state index >= 15 is 0 Å². The Bertz CT molecular complexity index is 949. The topological polar surface area (TPSA) is 84.2 Å². The average molecular weight is 345 g/mol. The molecule has 0 spiro atoms. The molecule has 0 unspecified atom stereocenters. The predicted molar refractivity (Wildman–Crippen MR) is 104 cm³/mol. The molecule has 0 aliphatic heterocycles. The Morgan fingerprint density at radius 3 is 2.27 bits per heavy atom. The Balaban J connectivity index is 1.80. The van der Waals surface area contributed by atoms with Crippen LogP contribution in [0.25, 0.3) is 0 Å². The number of carbonyl (C=O) groups excluding carboxylic acids is 2. The van der Waals surface area contributed by atoms with Gasteiger partial charge in [-0.15, -0.1) is 0 Å². The molecular weight excluding hydrogens is 326 g/mol. The van der Waals surface area contributed by atoms with Crippen molar-refractivity contribution in [3.05, 3.63) is 89.5 Å². The second kappa shape index (κ2) is 7.53. The number of nitrogens with two attached hydrogens (primary N) is 1. The van der Waals surface area contributed by atoms with Crippen LogP contribution in [0, 0.1) is 6.92 Å². The third-order valence-corrected chi connectivity index (χ3v) is 3.87. The number of carbonyl (C=O) groups is 2. The SMILES string of the molecule is Cc1cccc(NC(=O)c2ccccc2NC(=O)c2ccc(N)cc2)c1. The molecule has 5 heteroatoms. The van der Waals surface area contributed by atoms with E-state index in [0.29, 0.717) is 28.2 Å². The number of rotatable bonds is 4. The lowest BCUT2D eigenvalue weighted by atomic mass is 10.1. The Labute approximate surface area is 151 Å². The lowest BCUT2D eigenvalue weighted by Crippen LogP contribution is -2.18. The molecular formula is C21H19N3O2. The normalized spacial score (nSPS) is 10.2. The molecule has 26 heavy (non-hydrogen) atoms. The Morgan fingerprint density at radius 1 is 0.808 bits per heavy atom. The summed E-state index contributed by atoms with van der Waals surface area (Å²) in [5, 5.41) is 5.64. The first-order valence-corrected chi connectivity index (χ1v) is 8.17. The quantitative estimate of drug-likeness (QED) is 0.623. The number of aryl methyl sites for hydroxylation is 1. The van der Waals surface area contributed by atoms with E-state index in [4.69, 9.17) is 5.73 Å². The van der Waals surface area contributed by atoms with Gasteiger partial charge >= 0.3 is 0 Å². The van der Waals surface area contributed by atoms with Crippen molar-refractivity contribution in [2.45, 2.75) is 6.92 Å². The fourth-order valence-electron chi connectivity index (χ4n) is 2.54. The highest BCUT2D eigenvalue weighted by Gasteiger charge is 2.14. The van der Waals surface area contributed by atoms with E-state index in [0.717, 1.165) is 5.56 Å². The molecule has 0 heterocycles. The van der Waals surface area contributed by atoms with Crippen LogP contribution in [-0.4, -0.2) is 11.8 Å². The number of nitrogens with one attached hydrogen (secondary N) is 2. The van der Waals surface area contributed by atoms with Crippen molar-refractivity contribution in [3.8, 4) is 0 Å². The van der Waals surface area contributed by atoms with Crippen LogP contribution in [0.1, 0.15) is 26.3 Å². The van der Waals surface area contributed by atoms with Gasteiger partial charge in [0.05, 0.1) is 11.3 Å². The van der Waals surface area contributed by atoms with E-state index in [1.807, 2.05) is 31.2 Å². The summed E-state index contributed by atoms with van der Waals surface area (Å²) in [6, 6.07) is 21.0. The van der Waals surface area contributed by atoms with Crippen LogP contribution >= 0.6 is 0 Å². The summed E-state index contributed by atoms with van der Waals surface area (Å²) in [7, 11) is 0. The number of anilines is 3. The summed E-state index contributed by atoms with van der Waals surface area (Å²) in [6.07, 6.45) is 0. The number of benzene rings is 3. The van der Waals surface area contributed by atoms with E-state index in [-0.39, 0.29) is 11.8 Å². The van der Waals surface area contributed by atoms with Crippen LogP contribution in [0.3, 0.4) is 0 Å². The highest BCUT2D eigenvalue weighted by Crippen LogP contribution is 2.19. The summed E-state index contributed by atoms with van der Waals surface area (Å²) >= 11 is 0. The van der Waals surface area contributed by atoms with E-state index in [2.05, 4.69) is 10.6 Å². The van der Waals surface area contributed by atoms with Gasteiger partial charge in [-0.25, -0.2) is 0 Å². The van der Waals surface area contributed by atoms with Gasteiger partial charge < -0.3 is 16.4 Å². The summed E-state index contributed by atoms with van der Waals surface area (Å²) in [4.78, 5) is 25.0. The number of amides is 2. The minimum atomic E-state index is -0.305. The van der Waals surface area contributed by atoms with Gasteiger partial charge in [0.1, 0.15) is 0 Å². The molecule has 130 valence electrons. The molecule has 0 radical (unpaired) electrons. The van der Waals surface area contributed by atoms with Crippen LogP contribution in [-0.2, 0) is 0 Å². The van der Waals surface area contributed by atoms with Gasteiger partial charge in [0, 0.05) is 16.9 Å². The van der Waals surface area contributed by atoms with Crippen LogP contribution in [0.5, 0.6) is 0 Å². The molecule has 0 bridgehead atoms. The third kappa shape index (κ3) is 4.08. The van der Waals surface area contributed by atoms with Gasteiger partial charge in [0.25, 0.3) is 11.8 Å². The monoisotopic (exact) mass is 345 g/mol. The number of para-hydroxylation sites is 1. The van der Waals surface area contributed by atoms with Crippen molar-refractivity contribution in [1.29, 1.82) is 0 Å². The van der Waals surface area contributed by atoms with E-state index in [9.17, 15) is 9.59 Å². The van der Waals surface area contributed by atoms with Gasteiger partial charge in [0.2, 0.25) is 0 Å².